The van der Waals surface area contributed by atoms with E-state index in [1.54, 1.807) is 18.0 Å². The number of hydrogen-bond acceptors (Lipinski definition) is 6. The third kappa shape index (κ3) is 3.79. The topological polar surface area (TPSA) is 79.3 Å². The Balaban J connectivity index is 1.34. The van der Waals surface area contributed by atoms with Crippen molar-refractivity contribution in [1.29, 1.82) is 0 Å². The molecular formula is C30H31F3N2O5. The summed E-state index contributed by atoms with van der Waals surface area (Å²) in [6, 6.07) is 7.78. The van der Waals surface area contributed by atoms with Crippen LogP contribution in [0.5, 0.6) is 11.5 Å². The first-order chi connectivity index (χ1) is 18.9. The number of piperidine rings is 1. The predicted octanol–water partition coefficient (Wildman–Crippen LogP) is 3.96. The molecule has 0 radical (unpaired) electrons. The van der Waals surface area contributed by atoms with Crippen molar-refractivity contribution in [2.24, 2.45) is 0 Å². The molecule has 7 nitrogen and oxygen atoms in total. The number of amides is 1. The minimum Gasteiger partial charge on any atom is -0.483 e. The average molecular weight is 557 g/mol. The van der Waals surface area contributed by atoms with Crippen LogP contribution < -0.4 is 9.47 Å². The van der Waals surface area contributed by atoms with Crippen LogP contribution in [0.3, 0.4) is 0 Å². The lowest BCUT2D eigenvalue weighted by Crippen LogP contribution is -2.77. The maximum atomic E-state index is 13.3. The fraction of sp³-hybridized carbons (Fsp3) is 0.467. The fourth-order valence-electron chi connectivity index (χ4n) is 7.58. The molecule has 0 unspecified atom stereocenters. The number of alkyl halides is 3. The Labute approximate surface area is 230 Å². The van der Waals surface area contributed by atoms with E-state index in [9.17, 15) is 27.9 Å². The molecule has 4 aliphatic rings. The van der Waals surface area contributed by atoms with Crippen LogP contribution >= 0.6 is 0 Å². The van der Waals surface area contributed by atoms with Gasteiger partial charge in [0.05, 0.1) is 22.6 Å². The van der Waals surface area contributed by atoms with E-state index in [1.165, 1.54) is 31.2 Å². The van der Waals surface area contributed by atoms with Gasteiger partial charge in [-0.3, -0.25) is 9.59 Å². The lowest BCUT2D eigenvalue weighted by Gasteiger charge is -2.64. The first-order valence-corrected chi connectivity index (χ1v) is 13.4. The highest BCUT2D eigenvalue weighted by atomic mass is 19.4. The monoisotopic (exact) mass is 556 g/mol. The van der Waals surface area contributed by atoms with Gasteiger partial charge in [-0.1, -0.05) is 18.2 Å². The van der Waals surface area contributed by atoms with Crippen LogP contribution in [-0.2, 0) is 27.6 Å². The standard InChI is InChI=1S/C30H31F3N2O5/c1-17(36)39-22-10-7-19-16-23-29(38)13-12-21(27-28(29,14-15-34(23)2)25(19)26(22)40-27)35(3)24(37)11-6-18-4-8-20(9-5-18)30(31,32)33/h4-11,21,23,27,38H,12-16H2,1-3H3/t21-,23+,27-,28-,29+/m0/s1. The number of esters is 1. The molecule has 1 saturated carbocycles. The Morgan fingerprint density at radius 3 is 2.58 bits per heavy atom. The summed E-state index contributed by atoms with van der Waals surface area (Å²) >= 11 is 0. The summed E-state index contributed by atoms with van der Waals surface area (Å²) in [6.07, 6.45) is 0.0515. The highest BCUT2D eigenvalue weighted by Gasteiger charge is 2.73. The van der Waals surface area contributed by atoms with Crippen molar-refractivity contribution in [3.8, 4) is 11.5 Å². The number of carbonyl (C=O) groups is 2. The Hall–Kier alpha value is -3.37. The van der Waals surface area contributed by atoms with E-state index in [0.717, 1.165) is 29.8 Å². The van der Waals surface area contributed by atoms with Gasteiger partial charge in [0, 0.05) is 31.7 Å². The Bertz CT molecular complexity index is 1410. The summed E-state index contributed by atoms with van der Waals surface area (Å²) < 4.78 is 50.8. The summed E-state index contributed by atoms with van der Waals surface area (Å²) in [6.45, 7) is 2.06. The normalized spacial score (nSPS) is 30.5. The highest BCUT2D eigenvalue weighted by Crippen LogP contribution is 2.65. The van der Waals surface area contributed by atoms with E-state index in [4.69, 9.17) is 9.47 Å². The number of carbonyl (C=O) groups excluding carboxylic acids is 2. The van der Waals surface area contributed by atoms with Crippen molar-refractivity contribution < 1.29 is 37.3 Å². The van der Waals surface area contributed by atoms with E-state index in [-0.39, 0.29) is 11.9 Å². The smallest absolute Gasteiger partial charge is 0.416 e. The predicted molar refractivity (Wildman–Crippen MR) is 140 cm³/mol. The quantitative estimate of drug-likeness (QED) is 0.349. The number of likely N-dealkylation sites (tertiary alicyclic amines) is 1. The molecule has 2 bridgehead atoms. The molecule has 1 N–H and O–H groups in total. The first-order valence-electron chi connectivity index (χ1n) is 13.4. The SMILES string of the molecule is CC(=O)Oc1ccc2c3c1O[C@H]1[C@@H](N(C)C(=O)C=Cc4ccc(C(F)(F)F)cc4)CC[C@@]4(O)[C@@H](C2)N(C)CC[C@]314. The molecule has 5 atom stereocenters. The minimum absolute atomic E-state index is 0.119. The lowest BCUT2D eigenvalue weighted by molar-refractivity contribution is -0.195. The Morgan fingerprint density at radius 1 is 1.18 bits per heavy atom. The first kappa shape index (κ1) is 26.8. The molecule has 2 aromatic rings. The zero-order valence-electron chi connectivity index (χ0n) is 22.5. The lowest BCUT2D eigenvalue weighted by atomic mass is 9.48. The Morgan fingerprint density at radius 2 is 1.90 bits per heavy atom. The van der Waals surface area contributed by atoms with Crippen LogP contribution in [0.4, 0.5) is 13.2 Å². The second kappa shape index (κ2) is 9.07. The van der Waals surface area contributed by atoms with Crippen molar-refractivity contribution in [2.45, 2.75) is 68.0 Å². The Kier molecular flexibility index (Phi) is 6.09. The van der Waals surface area contributed by atoms with Gasteiger partial charge >= 0.3 is 12.1 Å². The summed E-state index contributed by atoms with van der Waals surface area (Å²) in [4.78, 5) is 29.0. The van der Waals surface area contributed by atoms with Gasteiger partial charge in [0.15, 0.2) is 11.5 Å². The maximum Gasteiger partial charge on any atom is 0.416 e. The summed E-state index contributed by atoms with van der Waals surface area (Å²) in [7, 11) is 3.70. The van der Waals surface area contributed by atoms with Crippen LogP contribution in [0, 0.1) is 0 Å². The van der Waals surface area contributed by atoms with Gasteiger partial charge in [0.25, 0.3) is 0 Å². The van der Waals surface area contributed by atoms with Gasteiger partial charge in [-0.25, -0.2) is 0 Å². The van der Waals surface area contributed by atoms with Gasteiger partial charge in [0.1, 0.15) is 6.10 Å². The molecule has 10 heteroatoms. The van der Waals surface area contributed by atoms with Crippen molar-refractivity contribution in [3.63, 3.8) is 0 Å². The minimum atomic E-state index is -4.43. The van der Waals surface area contributed by atoms with Gasteiger partial charge in [-0.2, -0.15) is 13.2 Å². The molecule has 1 saturated heterocycles. The molecule has 40 heavy (non-hydrogen) atoms. The number of benzene rings is 2. The fourth-order valence-corrected chi connectivity index (χ4v) is 7.58. The molecule has 2 aromatic carbocycles. The van der Waals surface area contributed by atoms with Gasteiger partial charge in [-0.15, -0.1) is 0 Å². The number of nitrogens with zero attached hydrogens (tertiary/aromatic N) is 2. The van der Waals surface area contributed by atoms with Gasteiger partial charge < -0.3 is 24.4 Å². The van der Waals surface area contributed by atoms with E-state index >= 15 is 0 Å². The van der Waals surface area contributed by atoms with E-state index < -0.39 is 40.9 Å². The molecule has 2 aliphatic heterocycles. The highest BCUT2D eigenvalue weighted by molar-refractivity contribution is 5.92. The van der Waals surface area contributed by atoms with Crippen LogP contribution in [0.2, 0.25) is 0 Å². The second-order valence-corrected chi connectivity index (χ2v) is 11.4. The summed E-state index contributed by atoms with van der Waals surface area (Å²) in [5, 5.41) is 12.4. The van der Waals surface area contributed by atoms with E-state index in [2.05, 4.69) is 4.90 Å². The number of likely N-dealkylation sites (N-methyl/N-ethyl adjacent to an activating group) is 2. The molecule has 6 rings (SSSR count). The zero-order chi connectivity index (χ0) is 28.6. The van der Waals surface area contributed by atoms with Crippen LogP contribution in [-0.4, -0.2) is 71.2 Å². The molecule has 1 spiro atoms. The number of aliphatic hydroxyl groups is 1. The molecule has 212 valence electrons. The van der Waals surface area contributed by atoms with Crippen LogP contribution in [0.25, 0.3) is 6.08 Å². The molecule has 2 heterocycles. The van der Waals surface area contributed by atoms with Crippen molar-refractivity contribution in [2.75, 3.05) is 20.6 Å². The zero-order valence-corrected chi connectivity index (χ0v) is 22.5. The molecule has 2 aliphatic carbocycles. The number of ether oxygens (including phenoxy) is 2. The van der Waals surface area contributed by atoms with Gasteiger partial charge in [-0.05, 0) is 74.7 Å². The average Bonchev–Trinajstić information content (AvgIpc) is 3.25. The second-order valence-electron chi connectivity index (χ2n) is 11.4. The van der Waals surface area contributed by atoms with Crippen molar-refractivity contribution in [3.05, 3.63) is 64.7 Å². The molecular weight excluding hydrogens is 525 g/mol. The third-order valence-corrected chi connectivity index (χ3v) is 9.44. The summed E-state index contributed by atoms with van der Waals surface area (Å²) in [5.41, 5.74) is -0.222. The van der Waals surface area contributed by atoms with E-state index in [0.29, 0.717) is 42.7 Å². The maximum absolute atomic E-state index is 13.3. The molecule has 2 fully saturated rings. The number of rotatable bonds is 4. The third-order valence-electron chi connectivity index (χ3n) is 9.44. The molecule has 0 aromatic heterocycles. The number of hydrogen-bond donors (Lipinski definition) is 1. The van der Waals surface area contributed by atoms with Crippen molar-refractivity contribution in [1.82, 2.24) is 9.80 Å². The summed E-state index contributed by atoms with van der Waals surface area (Å²) in [5.74, 6) is -0.0272. The molecule has 1 amide bonds. The van der Waals surface area contributed by atoms with Crippen molar-refractivity contribution >= 4 is 18.0 Å². The van der Waals surface area contributed by atoms with E-state index in [1.807, 2.05) is 13.1 Å². The largest absolute Gasteiger partial charge is 0.483 e. The van der Waals surface area contributed by atoms with Crippen LogP contribution in [0.1, 0.15) is 48.4 Å². The van der Waals surface area contributed by atoms with Gasteiger partial charge in [0.2, 0.25) is 5.91 Å². The number of halogens is 3. The van der Waals surface area contributed by atoms with Crippen LogP contribution in [0.15, 0.2) is 42.5 Å².